The van der Waals surface area contributed by atoms with E-state index in [0.29, 0.717) is 26.5 Å². The second-order valence-electron chi connectivity index (χ2n) is 6.40. The van der Waals surface area contributed by atoms with Gasteiger partial charge in [0.1, 0.15) is 5.15 Å². The fourth-order valence-corrected chi connectivity index (χ4v) is 3.48. The topological polar surface area (TPSA) is 71.6 Å². The molecule has 2 aromatic carbocycles. The zero-order valence-corrected chi connectivity index (χ0v) is 17.9. The third-order valence-electron chi connectivity index (χ3n) is 4.37. The van der Waals surface area contributed by atoms with E-state index >= 15 is 0 Å². The zero-order valence-electron chi connectivity index (χ0n) is 15.6. The van der Waals surface area contributed by atoms with Gasteiger partial charge in [-0.25, -0.2) is 15.1 Å². The van der Waals surface area contributed by atoms with Crippen LogP contribution < -0.4 is 5.43 Å². The molecular formula is C21H14Cl3N5O. The third-order valence-corrected chi connectivity index (χ3v) is 5.47. The lowest BCUT2D eigenvalue weighted by Crippen LogP contribution is -2.12. The summed E-state index contributed by atoms with van der Waals surface area (Å²) in [7, 11) is 0. The lowest BCUT2D eigenvalue weighted by molar-refractivity contribution is -0.116. The van der Waals surface area contributed by atoms with Crippen LogP contribution in [0, 0.1) is 6.92 Å². The van der Waals surface area contributed by atoms with Gasteiger partial charge >= 0.3 is 0 Å². The molecule has 0 atom stereocenters. The molecule has 150 valence electrons. The Bertz CT molecular complexity index is 1230. The van der Waals surface area contributed by atoms with Crippen molar-refractivity contribution >= 4 is 58.8 Å². The molecule has 0 spiro atoms. The highest BCUT2D eigenvalue weighted by Crippen LogP contribution is 2.27. The maximum atomic E-state index is 12.3. The Kier molecular flexibility index (Phi) is 5.72. The number of carbonyl (C=O) groups is 1. The number of halogens is 3. The summed E-state index contributed by atoms with van der Waals surface area (Å²) < 4.78 is 1.62. The summed E-state index contributed by atoms with van der Waals surface area (Å²) in [5, 5.41) is 9.73. The van der Waals surface area contributed by atoms with Gasteiger partial charge in [0.15, 0.2) is 5.84 Å². The number of aliphatic imine (C=N–C) groups is 1. The number of amidine groups is 1. The van der Waals surface area contributed by atoms with E-state index < -0.39 is 0 Å². The number of hydrogen-bond acceptors (Lipinski definition) is 4. The fraction of sp³-hybridized carbons (Fsp3) is 0.0476. The largest absolute Gasteiger partial charge is 0.275 e. The highest BCUT2D eigenvalue weighted by Gasteiger charge is 2.24. The van der Waals surface area contributed by atoms with Crippen LogP contribution in [0.1, 0.15) is 16.8 Å². The molecule has 0 aliphatic carbocycles. The van der Waals surface area contributed by atoms with Crippen molar-refractivity contribution in [1.29, 1.82) is 0 Å². The lowest BCUT2D eigenvalue weighted by Gasteiger charge is -2.02. The summed E-state index contributed by atoms with van der Waals surface area (Å²) in [6.45, 7) is 1.82. The molecule has 1 amide bonds. The van der Waals surface area contributed by atoms with Crippen LogP contribution in [-0.2, 0) is 4.79 Å². The van der Waals surface area contributed by atoms with Crippen molar-refractivity contribution in [3.05, 3.63) is 86.1 Å². The number of para-hydroxylation sites is 1. The van der Waals surface area contributed by atoms with E-state index in [9.17, 15) is 4.79 Å². The molecule has 4 rings (SSSR count). The number of hydrazone groups is 1. The highest BCUT2D eigenvalue weighted by atomic mass is 35.5. The maximum Gasteiger partial charge on any atom is 0.275 e. The van der Waals surface area contributed by atoms with Crippen LogP contribution in [0.2, 0.25) is 15.2 Å². The SMILES string of the molecule is Cc1nn(-c2ccccc2)c(Cl)c1/C=C1\C(=O)NN=C1N=Cc1ccc(Cl)c(Cl)c1. The minimum absolute atomic E-state index is 0.231. The van der Waals surface area contributed by atoms with Crippen molar-refractivity contribution in [2.75, 3.05) is 0 Å². The van der Waals surface area contributed by atoms with Gasteiger partial charge < -0.3 is 0 Å². The standard InChI is InChI=1S/C21H14Cl3N5O/c1-12-15(19(24)29(28-12)14-5-3-2-4-6-14)10-16-20(26-27-21(16)30)25-11-13-7-8-17(22)18(23)9-13/h2-11H,1H3,(H,27,30)/b16-10-,25-11?. The van der Waals surface area contributed by atoms with Crippen LogP contribution in [0.4, 0.5) is 0 Å². The monoisotopic (exact) mass is 457 g/mol. The Morgan fingerprint density at radius 2 is 1.83 bits per heavy atom. The summed E-state index contributed by atoms with van der Waals surface area (Å²) in [6, 6.07) is 14.6. The minimum atomic E-state index is -0.376. The van der Waals surface area contributed by atoms with Gasteiger partial charge in [0.25, 0.3) is 5.91 Å². The van der Waals surface area contributed by atoms with Crippen molar-refractivity contribution in [1.82, 2.24) is 15.2 Å². The van der Waals surface area contributed by atoms with E-state index in [1.807, 2.05) is 37.3 Å². The third kappa shape index (κ3) is 4.03. The molecule has 30 heavy (non-hydrogen) atoms. The number of aromatic nitrogens is 2. The molecule has 2 heterocycles. The molecule has 1 aromatic heterocycles. The van der Waals surface area contributed by atoms with Crippen LogP contribution in [0.15, 0.2) is 64.2 Å². The second kappa shape index (κ2) is 8.44. The van der Waals surface area contributed by atoms with Crippen molar-refractivity contribution in [3.8, 4) is 5.69 Å². The van der Waals surface area contributed by atoms with Crippen molar-refractivity contribution < 1.29 is 4.79 Å². The van der Waals surface area contributed by atoms with Crippen LogP contribution in [0.5, 0.6) is 0 Å². The van der Waals surface area contributed by atoms with E-state index in [-0.39, 0.29) is 17.3 Å². The molecule has 0 saturated carbocycles. The normalized spacial score (nSPS) is 15.1. The van der Waals surface area contributed by atoms with Gasteiger partial charge in [0, 0.05) is 11.8 Å². The highest BCUT2D eigenvalue weighted by molar-refractivity contribution is 6.42. The van der Waals surface area contributed by atoms with Gasteiger partial charge in [-0.3, -0.25) is 4.79 Å². The Morgan fingerprint density at radius 1 is 1.07 bits per heavy atom. The average Bonchev–Trinajstić information content (AvgIpc) is 3.24. The first-order valence-corrected chi connectivity index (χ1v) is 9.97. The Morgan fingerprint density at radius 3 is 2.57 bits per heavy atom. The van der Waals surface area contributed by atoms with Crippen molar-refractivity contribution in [2.45, 2.75) is 6.92 Å². The molecule has 0 unspecified atom stereocenters. The van der Waals surface area contributed by atoms with Gasteiger partial charge in [-0.15, -0.1) is 0 Å². The fourth-order valence-electron chi connectivity index (χ4n) is 2.84. The molecule has 9 heteroatoms. The number of benzene rings is 2. The van der Waals surface area contributed by atoms with Gasteiger partial charge in [-0.2, -0.15) is 10.2 Å². The Labute approximate surface area is 187 Å². The van der Waals surface area contributed by atoms with Gasteiger partial charge in [-0.05, 0) is 42.8 Å². The van der Waals surface area contributed by atoms with E-state index in [4.69, 9.17) is 34.8 Å². The summed E-state index contributed by atoms with van der Waals surface area (Å²) in [5.74, 6) is -0.145. The molecule has 1 aliphatic heterocycles. The quantitative estimate of drug-likeness (QED) is 0.439. The first-order valence-electron chi connectivity index (χ1n) is 8.84. The predicted molar refractivity (Wildman–Crippen MR) is 121 cm³/mol. The van der Waals surface area contributed by atoms with E-state index in [1.54, 1.807) is 35.2 Å². The predicted octanol–water partition coefficient (Wildman–Crippen LogP) is 5.09. The molecule has 0 saturated heterocycles. The minimum Gasteiger partial charge on any atom is -0.267 e. The van der Waals surface area contributed by atoms with Crippen LogP contribution in [0.3, 0.4) is 0 Å². The number of aryl methyl sites for hydroxylation is 1. The summed E-state index contributed by atoms with van der Waals surface area (Å²) in [6.07, 6.45) is 3.19. The number of nitrogens with one attached hydrogen (secondary N) is 1. The number of hydrogen-bond donors (Lipinski definition) is 1. The Hall–Kier alpha value is -2.93. The molecule has 3 aromatic rings. The molecule has 6 nitrogen and oxygen atoms in total. The zero-order chi connectivity index (χ0) is 21.3. The van der Waals surface area contributed by atoms with E-state index in [0.717, 1.165) is 11.3 Å². The summed E-state index contributed by atoms with van der Waals surface area (Å²) in [4.78, 5) is 16.6. The van der Waals surface area contributed by atoms with Crippen molar-refractivity contribution in [3.63, 3.8) is 0 Å². The van der Waals surface area contributed by atoms with Crippen LogP contribution >= 0.6 is 34.8 Å². The molecule has 0 radical (unpaired) electrons. The molecule has 0 bridgehead atoms. The maximum absolute atomic E-state index is 12.3. The summed E-state index contributed by atoms with van der Waals surface area (Å²) in [5.41, 5.74) is 5.53. The first-order chi connectivity index (χ1) is 14.4. The first kappa shape index (κ1) is 20.3. The Balaban J connectivity index is 1.68. The summed E-state index contributed by atoms with van der Waals surface area (Å²) >= 11 is 18.5. The molecular weight excluding hydrogens is 445 g/mol. The number of carbonyl (C=O) groups excluding carboxylic acids is 1. The van der Waals surface area contributed by atoms with Crippen molar-refractivity contribution in [2.24, 2.45) is 10.1 Å². The number of rotatable bonds is 3. The molecule has 1 aliphatic rings. The van der Waals surface area contributed by atoms with E-state index in [1.165, 1.54) is 0 Å². The van der Waals surface area contributed by atoms with Gasteiger partial charge in [0.2, 0.25) is 0 Å². The molecule has 0 fully saturated rings. The van der Waals surface area contributed by atoms with E-state index in [2.05, 4.69) is 20.6 Å². The molecule has 1 N–H and O–H groups in total. The second-order valence-corrected chi connectivity index (χ2v) is 7.58. The van der Waals surface area contributed by atoms with Crippen LogP contribution in [-0.4, -0.2) is 27.7 Å². The van der Waals surface area contributed by atoms with Gasteiger partial charge in [-0.1, -0.05) is 59.1 Å². The van der Waals surface area contributed by atoms with Gasteiger partial charge in [0.05, 0.1) is 27.0 Å². The lowest BCUT2D eigenvalue weighted by atomic mass is 10.1. The smallest absolute Gasteiger partial charge is 0.267 e. The van der Waals surface area contributed by atoms with Crippen LogP contribution in [0.25, 0.3) is 11.8 Å². The number of amides is 1. The number of nitrogens with zero attached hydrogens (tertiary/aromatic N) is 4. The average molecular weight is 459 g/mol.